The molecule has 8 nitrogen and oxygen atoms in total. The number of hydrogen-bond donors (Lipinski definition) is 1. The monoisotopic (exact) mass is 480 g/mol. The molecule has 0 radical (unpaired) electrons. The van der Waals surface area contributed by atoms with Crippen LogP contribution in [0.3, 0.4) is 0 Å². The third-order valence-electron chi connectivity index (χ3n) is 6.41. The van der Waals surface area contributed by atoms with Crippen LogP contribution >= 0.6 is 0 Å². The normalized spacial score (nSPS) is 16.7. The molecule has 2 aliphatic heterocycles. The van der Waals surface area contributed by atoms with E-state index in [4.69, 9.17) is 9.72 Å². The van der Waals surface area contributed by atoms with Gasteiger partial charge in [0.1, 0.15) is 5.82 Å². The molecule has 2 aliphatic rings. The van der Waals surface area contributed by atoms with E-state index in [9.17, 15) is 13.2 Å². The highest BCUT2D eigenvalue weighted by Gasteiger charge is 2.27. The van der Waals surface area contributed by atoms with Crippen molar-refractivity contribution in [3.8, 4) is 11.3 Å². The third-order valence-corrected chi connectivity index (χ3v) is 8.30. The molecule has 1 saturated heterocycles. The van der Waals surface area contributed by atoms with Crippen molar-refractivity contribution in [2.45, 2.75) is 37.6 Å². The molecule has 1 fully saturated rings. The molecular formula is C25H28N4O4S. The molecule has 34 heavy (non-hydrogen) atoms. The van der Waals surface area contributed by atoms with Gasteiger partial charge in [0.2, 0.25) is 10.0 Å². The second-order valence-electron chi connectivity index (χ2n) is 8.72. The highest BCUT2D eigenvalue weighted by Crippen LogP contribution is 2.25. The molecule has 0 saturated carbocycles. The van der Waals surface area contributed by atoms with Crippen molar-refractivity contribution in [2.75, 3.05) is 31.6 Å². The highest BCUT2D eigenvalue weighted by molar-refractivity contribution is 7.89. The molecule has 1 aromatic heterocycles. The number of fused-ring (bicyclic) bond motifs is 1. The number of morpholine rings is 1. The Labute approximate surface area is 199 Å². The molecule has 178 valence electrons. The first-order chi connectivity index (χ1) is 16.4. The molecule has 1 amide bonds. The Balaban J connectivity index is 1.33. The van der Waals surface area contributed by atoms with Gasteiger partial charge in [0.15, 0.2) is 0 Å². The van der Waals surface area contributed by atoms with E-state index < -0.39 is 10.0 Å². The van der Waals surface area contributed by atoms with Gasteiger partial charge in [-0.15, -0.1) is 0 Å². The first-order valence-electron chi connectivity index (χ1n) is 11.6. The minimum absolute atomic E-state index is 0.115. The number of hydrogen-bond acceptors (Lipinski definition) is 5. The van der Waals surface area contributed by atoms with Gasteiger partial charge < -0.3 is 14.6 Å². The number of nitrogens with zero attached hydrogens (tertiary/aromatic N) is 3. The fraction of sp³-hybridized carbons (Fsp3) is 0.360. The minimum Gasteiger partial charge on any atom is -0.379 e. The quantitative estimate of drug-likeness (QED) is 0.604. The van der Waals surface area contributed by atoms with Gasteiger partial charge in [-0.3, -0.25) is 4.79 Å². The zero-order chi connectivity index (χ0) is 23.7. The number of ether oxygens (including phenoxy) is 1. The summed E-state index contributed by atoms with van der Waals surface area (Å²) < 4.78 is 34.9. The highest BCUT2D eigenvalue weighted by atomic mass is 32.2. The van der Waals surface area contributed by atoms with Crippen LogP contribution < -0.4 is 5.32 Å². The van der Waals surface area contributed by atoms with Crippen molar-refractivity contribution in [2.24, 2.45) is 0 Å². The maximum Gasteiger partial charge on any atom is 0.255 e. The molecule has 0 spiro atoms. The Morgan fingerprint density at radius 3 is 2.53 bits per heavy atom. The van der Waals surface area contributed by atoms with E-state index in [1.165, 1.54) is 23.2 Å². The van der Waals surface area contributed by atoms with Crippen LogP contribution in [0.15, 0.2) is 53.6 Å². The lowest BCUT2D eigenvalue weighted by atomic mass is 10.1. The average Bonchev–Trinajstić information content (AvgIpc) is 3.29. The Bertz CT molecular complexity index is 1290. The molecule has 0 bridgehead atoms. The first-order valence-corrected chi connectivity index (χ1v) is 13.0. The van der Waals surface area contributed by atoms with Crippen molar-refractivity contribution < 1.29 is 17.9 Å². The standard InChI is InChI=1S/C25H28N4O4S/c1-18-5-10-21(34(31,32)29-12-14-33-15-13-29)16-22(18)25(30)26-20-8-6-19(7-9-20)23-17-28-11-3-2-4-24(28)27-23/h5-10,16-17H,2-4,11-15H2,1H3,(H,26,30). The van der Waals surface area contributed by atoms with E-state index in [0.29, 0.717) is 43.1 Å². The summed E-state index contributed by atoms with van der Waals surface area (Å²) in [6.07, 6.45) is 5.46. The summed E-state index contributed by atoms with van der Waals surface area (Å²) in [4.78, 5) is 17.9. The summed E-state index contributed by atoms with van der Waals surface area (Å²) in [6.45, 7) is 4.17. The first kappa shape index (κ1) is 22.8. The summed E-state index contributed by atoms with van der Waals surface area (Å²) in [5.41, 5.74) is 3.61. The molecule has 1 N–H and O–H groups in total. The fourth-order valence-electron chi connectivity index (χ4n) is 4.42. The summed E-state index contributed by atoms with van der Waals surface area (Å²) in [7, 11) is -3.68. The summed E-state index contributed by atoms with van der Waals surface area (Å²) in [5, 5.41) is 2.89. The van der Waals surface area contributed by atoms with Crippen molar-refractivity contribution in [3.63, 3.8) is 0 Å². The largest absolute Gasteiger partial charge is 0.379 e. The van der Waals surface area contributed by atoms with Crippen molar-refractivity contribution in [1.82, 2.24) is 13.9 Å². The van der Waals surface area contributed by atoms with Gasteiger partial charge in [0.05, 0.1) is 23.8 Å². The third kappa shape index (κ3) is 4.51. The van der Waals surface area contributed by atoms with Crippen molar-refractivity contribution in [1.29, 1.82) is 0 Å². The number of carbonyl (C=O) groups excluding carboxylic acids is 1. The Hall–Kier alpha value is -3.01. The fourth-order valence-corrected chi connectivity index (χ4v) is 5.85. The molecule has 0 aliphatic carbocycles. The van der Waals surface area contributed by atoms with Gasteiger partial charge in [-0.05, 0) is 49.6 Å². The molecule has 3 aromatic rings. The number of imidazole rings is 1. The number of carbonyl (C=O) groups is 1. The summed E-state index contributed by atoms with van der Waals surface area (Å²) >= 11 is 0. The van der Waals surface area contributed by atoms with E-state index in [0.717, 1.165) is 30.0 Å². The number of aryl methyl sites for hydroxylation is 3. The number of aromatic nitrogens is 2. The lowest BCUT2D eigenvalue weighted by Crippen LogP contribution is -2.40. The number of amides is 1. The van der Waals surface area contributed by atoms with Crippen LogP contribution in [0.4, 0.5) is 5.69 Å². The molecule has 5 rings (SSSR count). The van der Waals surface area contributed by atoms with Gasteiger partial charge in [-0.2, -0.15) is 4.31 Å². The second kappa shape index (κ2) is 9.32. The molecule has 2 aromatic carbocycles. The number of benzene rings is 2. The number of rotatable bonds is 5. The van der Waals surface area contributed by atoms with E-state index >= 15 is 0 Å². The zero-order valence-corrected chi connectivity index (χ0v) is 20.0. The lowest BCUT2D eigenvalue weighted by Gasteiger charge is -2.26. The van der Waals surface area contributed by atoms with Crippen LogP contribution in [0.25, 0.3) is 11.3 Å². The second-order valence-corrected chi connectivity index (χ2v) is 10.7. The van der Waals surface area contributed by atoms with E-state index in [1.54, 1.807) is 19.1 Å². The van der Waals surface area contributed by atoms with Gasteiger partial charge in [-0.25, -0.2) is 13.4 Å². The van der Waals surface area contributed by atoms with Crippen LogP contribution in [-0.4, -0.2) is 54.5 Å². The molecule has 9 heteroatoms. The van der Waals surface area contributed by atoms with E-state index in [-0.39, 0.29) is 10.8 Å². The molecule has 3 heterocycles. The molecule has 0 atom stereocenters. The van der Waals surface area contributed by atoms with Gasteiger partial charge in [0, 0.05) is 49.1 Å². The number of anilines is 1. The molecular weight excluding hydrogens is 452 g/mol. The maximum absolute atomic E-state index is 13.0. The zero-order valence-electron chi connectivity index (χ0n) is 19.2. The smallest absolute Gasteiger partial charge is 0.255 e. The number of nitrogens with one attached hydrogen (secondary N) is 1. The summed E-state index contributed by atoms with van der Waals surface area (Å²) in [6, 6.07) is 12.2. The van der Waals surface area contributed by atoms with Crippen molar-refractivity contribution >= 4 is 21.6 Å². The van der Waals surface area contributed by atoms with E-state index in [1.807, 2.05) is 24.3 Å². The predicted octanol–water partition coefficient (Wildman–Crippen LogP) is 3.47. The van der Waals surface area contributed by atoms with Crippen LogP contribution in [0.2, 0.25) is 0 Å². The SMILES string of the molecule is Cc1ccc(S(=O)(=O)N2CCOCC2)cc1C(=O)Nc1ccc(-c2cn3c(n2)CCCC3)cc1. The van der Waals surface area contributed by atoms with Crippen LogP contribution in [-0.2, 0) is 27.7 Å². The van der Waals surface area contributed by atoms with Gasteiger partial charge >= 0.3 is 0 Å². The van der Waals surface area contributed by atoms with Crippen LogP contribution in [0.5, 0.6) is 0 Å². The summed E-state index contributed by atoms with van der Waals surface area (Å²) in [5.74, 6) is 0.780. The topological polar surface area (TPSA) is 93.5 Å². The Morgan fingerprint density at radius 2 is 1.79 bits per heavy atom. The average molecular weight is 481 g/mol. The predicted molar refractivity (Wildman–Crippen MR) is 129 cm³/mol. The van der Waals surface area contributed by atoms with Crippen molar-refractivity contribution in [3.05, 3.63) is 65.6 Å². The molecule has 0 unspecified atom stereocenters. The maximum atomic E-state index is 13.0. The van der Waals surface area contributed by atoms with Gasteiger partial charge in [-0.1, -0.05) is 18.2 Å². The lowest BCUT2D eigenvalue weighted by molar-refractivity contribution is 0.0730. The van der Waals surface area contributed by atoms with E-state index in [2.05, 4.69) is 16.1 Å². The Kier molecular flexibility index (Phi) is 6.24. The van der Waals surface area contributed by atoms with Crippen LogP contribution in [0, 0.1) is 6.92 Å². The van der Waals surface area contributed by atoms with Crippen LogP contribution in [0.1, 0.15) is 34.6 Å². The minimum atomic E-state index is -3.68. The van der Waals surface area contributed by atoms with Gasteiger partial charge in [0.25, 0.3) is 5.91 Å². The Morgan fingerprint density at radius 1 is 1.03 bits per heavy atom. The number of sulfonamides is 1.